The number of pyridine rings is 1. The molecule has 2 heterocycles. The van der Waals surface area contributed by atoms with Crippen LogP contribution in [0.3, 0.4) is 0 Å². The maximum absolute atomic E-state index is 13.4. The summed E-state index contributed by atoms with van der Waals surface area (Å²) in [5.41, 5.74) is 5.15. The summed E-state index contributed by atoms with van der Waals surface area (Å²) in [7, 11) is 0. The van der Waals surface area contributed by atoms with Crippen LogP contribution in [0.15, 0.2) is 60.8 Å². The molecule has 1 atom stereocenters. The molecule has 0 aliphatic carbocycles. The van der Waals surface area contributed by atoms with E-state index in [1.165, 1.54) is 0 Å². The maximum Gasteiger partial charge on any atom is 0.272 e. The van der Waals surface area contributed by atoms with Crippen molar-refractivity contribution >= 4 is 5.91 Å². The fourth-order valence-electron chi connectivity index (χ4n) is 5.02. The summed E-state index contributed by atoms with van der Waals surface area (Å²) in [6.45, 7) is 8.79. The Labute approximate surface area is 184 Å². The van der Waals surface area contributed by atoms with Crippen molar-refractivity contribution in [3.05, 3.63) is 99.9 Å². The van der Waals surface area contributed by atoms with Gasteiger partial charge >= 0.3 is 0 Å². The number of amides is 1. The lowest BCUT2D eigenvalue weighted by Crippen LogP contribution is -2.50. The van der Waals surface area contributed by atoms with Gasteiger partial charge in [0.2, 0.25) is 0 Å². The lowest BCUT2D eigenvalue weighted by atomic mass is 9.77. The zero-order valence-corrected chi connectivity index (χ0v) is 18.7. The van der Waals surface area contributed by atoms with Crippen molar-refractivity contribution in [2.75, 3.05) is 6.54 Å². The molecule has 1 aliphatic rings. The average Bonchev–Trinajstić information content (AvgIpc) is 3.22. The molecule has 1 aromatic heterocycles. The van der Waals surface area contributed by atoms with Gasteiger partial charge in [0.05, 0.1) is 6.04 Å². The molecule has 0 spiro atoms. The highest BCUT2D eigenvalue weighted by Gasteiger charge is 2.47. The van der Waals surface area contributed by atoms with E-state index in [-0.39, 0.29) is 11.9 Å². The van der Waals surface area contributed by atoms with Gasteiger partial charge in [0.1, 0.15) is 11.3 Å². The lowest BCUT2D eigenvalue weighted by Gasteiger charge is -2.40. The number of hydrogen-bond donors (Lipinski definition) is 1. The highest BCUT2D eigenvalue weighted by atomic mass is 16.3. The van der Waals surface area contributed by atoms with Crippen LogP contribution in [0.5, 0.6) is 0 Å². The number of benzene rings is 2. The Morgan fingerprint density at radius 2 is 1.48 bits per heavy atom. The average molecular weight is 415 g/mol. The molecule has 1 aliphatic heterocycles. The van der Waals surface area contributed by atoms with Crippen LogP contribution < -0.4 is 0 Å². The first kappa shape index (κ1) is 21.3. The Balaban J connectivity index is 1.88. The van der Waals surface area contributed by atoms with Crippen LogP contribution in [0.1, 0.15) is 56.7 Å². The Bertz CT molecular complexity index is 1020. The summed E-state index contributed by atoms with van der Waals surface area (Å²) in [4.78, 5) is 19.5. The van der Waals surface area contributed by atoms with Gasteiger partial charge in [-0.1, -0.05) is 64.7 Å². The molecular weight excluding hydrogens is 384 g/mol. The molecule has 1 saturated heterocycles. The summed E-state index contributed by atoms with van der Waals surface area (Å²) in [6, 6.07) is 17.4. The van der Waals surface area contributed by atoms with Crippen LogP contribution in [-0.4, -0.2) is 33.5 Å². The van der Waals surface area contributed by atoms with Crippen molar-refractivity contribution in [3.8, 4) is 0 Å². The van der Waals surface area contributed by atoms with E-state index >= 15 is 0 Å². The summed E-state index contributed by atoms with van der Waals surface area (Å²) < 4.78 is 0. The van der Waals surface area contributed by atoms with E-state index in [1.807, 2.05) is 62.9 Å². The third kappa shape index (κ3) is 4.00. The number of aromatic nitrogens is 1. The van der Waals surface area contributed by atoms with Crippen molar-refractivity contribution in [3.63, 3.8) is 0 Å². The summed E-state index contributed by atoms with van der Waals surface area (Å²) in [5, 5.41) is 12.5. The molecule has 1 N–H and O–H groups in total. The van der Waals surface area contributed by atoms with E-state index < -0.39 is 5.60 Å². The zero-order valence-electron chi connectivity index (χ0n) is 18.7. The van der Waals surface area contributed by atoms with Gasteiger partial charge in [0.25, 0.3) is 5.91 Å². The second-order valence-electron chi connectivity index (χ2n) is 8.89. The Hall–Kier alpha value is -2.98. The molecule has 160 valence electrons. The van der Waals surface area contributed by atoms with E-state index in [0.29, 0.717) is 12.2 Å². The summed E-state index contributed by atoms with van der Waals surface area (Å²) >= 11 is 0. The summed E-state index contributed by atoms with van der Waals surface area (Å²) in [5.74, 6) is -0.129. The minimum Gasteiger partial charge on any atom is -0.378 e. The topological polar surface area (TPSA) is 53.4 Å². The number of aryl methyl sites for hydroxylation is 4. The predicted octanol–water partition coefficient (Wildman–Crippen LogP) is 4.86. The van der Waals surface area contributed by atoms with Gasteiger partial charge in [0.15, 0.2) is 0 Å². The van der Waals surface area contributed by atoms with Crippen molar-refractivity contribution < 1.29 is 9.90 Å². The van der Waals surface area contributed by atoms with Crippen LogP contribution in [0.2, 0.25) is 0 Å². The quantitative estimate of drug-likeness (QED) is 0.664. The maximum atomic E-state index is 13.4. The van der Waals surface area contributed by atoms with Gasteiger partial charge < -0.3 is 10.0 Å². The normalized spacial score (nSPS) is 16.5. The third-order valence-electron chi connectivity index (χ3n) is 6.20. The highest BCUT2D eigenvalue weighted by Crippen LogP contribution is 2.42. The first-order chi connectivity index (χ1) is 14.8. The molecule has 4 nitrogen and oxygen atoms in total. The molecule has 1 amide bonds. The van der Waals surface area contributed by atoms with Crippen molar-refractivity contribution in [1.82, 2.24) is 9.88 Å². The first-order valence-electron chi connectivity index (χ1n) is 10.9. The standard InChI is InChI=1S/C27H30N2O2/c1-18-12-19(2)15-22(14-18)27(31,23-16-20(3)13-21(4)17-23)25-9-7-11-29(25)26(30)24-8-5-6-10-28-24/h5-6,8,10,12-17,25,31H,7,9,11H2,1-4H3/t25-/m0/s1. The molecule has 3 aromatic rings. The Morgan fingerprint density at radius 1 is 0.935 bits per heavy atom. The molecule has 0 bridgehead atoms. The third-order valence-corrected chi connectivity index (χ3v) is 6.20. The number of hydrogen-bond acceptors (Lipinski definition) is 3. The SMILES string of the molecule is Cc1cc(C)cc(C(O)(c2cc(C)cc(C)c2)[C@@H]2CCCN2C(=O)c2ccccn2)c1. The highest BCUT2D eigenvalue weighted by molar-refractivity contribution is 5.92. The van der Waals surface area contributed by atoms with Gasteiger partial charge in [-0.3, -0.25) is 9.78 Å². The molecule has 0 radical (unpaired) electrons. The molecule has 0 unspecified atom stereocenters. The van der Waals surface area contributed by atoms with Crippen LogP contribution in [0.25, 0.3) is 0 Å². The van der Waals surface area contributed by atoms with Crippen molar-refractivity contribution in [1.29, 1.82) is 0 Å². The summed E-state index contributed by atoms with van der Waals surface area (Å²) in [6.07, 6.45) is 3.22. The van der Waals surface area contributed by atoms with Gasteiger partial charge in [-0.15, -0.1) is 0 Å². The van der Waals surface area contributed by atoms with Crippen LogP contribution >= 0.6 is 0 Å². The minimum absolute atomic E-state index is 0.129. The molecule has 2 aromatic carbocycles. The first-order valence-corrected chi connectivity index (χ1v) is 10.9. The van der Waals surface area contributed by atoms with E-state index in [0.717, 1.165) is 46.2 Å². The predicted molar refractivity (Wildman–Crippen MR) is 123 cm³/mol. The second kappa shape index (κ2) is 8.27. The van der Waals surface area contributed by atoms with Gasteiger partial charge in [-0.05, 0) is 63.8 Å². The number of likely N-dealkylation sites (tertiary alicyclic amines) is 1. The van der Waals surface area contributed by atoms with Gasteiger partial charge in [-0.25, -0.2) is 0 Å². The fourth-order valence-corrected chi connectivity index (χ4v) is 5.02. The fraction of sp³-hybridized carbons (Fsp3) is 0.333. The van der Waals surface area contributed by atoms with Crippen molar-refractivity contribution in [2.45, 2.75) is 52.2 Å². The van der Waals surface area contributed by atoms with Crippen LogP contribution in [0.4, 0.5) is 0 Å². The Kier molecular flexibility index (Phi) is 5.67. The molecule has 31 heavy (non-hydrogen) atoms. The van der Waals surface area contributed by atoms with Gasteiger partial charge in [-0.2, -0.15) is 0 Å². The number of rotatable bonds is 4. The number of carbonyl (C=O) groups is 1. The Morgan fingerprint density at radius 3 is 1.97 bits per heavy atom. The van der Waals surface area contributed by atoms with E-state index in [2.05, 4.69) is 17.1 Å². The molecular formula is C27H30N2O2. The molecule has 4 rings (SSSR count). The minimum atomic E-state index is -1.31. The van der Waals surface area contributed by atoms with Gasteiger partial charge in [0, 0.05) is 12.7 Å². The number of carbonyl (C=O) groups excluding carboxylic acids is 1. The van der Waals surface area contributed by atoms with Crippen LogP contribution in [-0.2, 0) is 5.60 Å². The zero-order chi connectivity index (χ0) is 22.2. The lowest BCUT2D eigenvalue weighted by molar-refractivity contribution is -0.00106. The molecule has 1 fully saturated rings. The number of nitrogens with zero attached hydrogens (tertiary/aromatic N) is 2. The van der Waals surface area contributed by atoms with E-state index in [4.69, 9.17) is 0 Å². The smallest absolute Gasteiger partial charge is 0.272 e. The molecule has 4 heteroatoms. The van der Waals surface area contributed by atoms with E-state index in [9.17, 15) is 9.90 Å². The van der Waals surface area contributed by atoms with Crippen LogP contribution in [0, 0.1) is 27.7 Å². The largest absolute Gasteiger partial charge is 0.378 e. The monoisotopic (exact) mass is 414 g/mol. The van der Waals surface area contributed by atoms with E-state index in [1.54, 1.807) is 18.3 Å². The van der Waals surface area contributed by atoms with Crippen molar-refractivity contribution in [2.24, 2.45) is 0 Å². The number of aliphatic hydroxyl groups is 1. The molecule has 0 saturated carbocycles. The second-order valence-corrected chi connectivity index (χ2v) is 8.89.